The monoisotopic (exact) mass is 337 g/mol. The molecule has 0 saturated carbocycles. The van der Waals surface area contributed by atoms with Crippen LogP contribution in [0.4, 0.5) is 0 Å². The summed E-state index contributed by atoms with van der Waals surface area (Å²) in [6.07, 6.45) is 1.80. The smallest absolute Gasteiger partial charge is 0.254 e. The quantitative estimate of drug-likeness (QED) is 0.840. The Morgan fingerprint density at radius 1 is 1.36 bits per heavy atom. The van der Waals surface area contributed by atoms with E-state index >= 15 is 0 Å². The second-order valence-electron chi connectivity index (χ2n) is 6.29. The number of likely N-dealkylation sites (N-methyl/N-ethyl adjacent to an activating group) is 1. The number of benzene rings is 1. The van der Waals surface area contributed by atoms with Crippen molar-refractivity contribution in [2.75, 3.05) is 26.2 Å². The Morgan fingerprint density at radius 2 is 2.16 bits per heavy atom. The van der Waals surface area contributed by atoms with Crippen LogP contribution in [-0.4, -0.2) is 51.7 Å². The van der Waals surface area contributed by atoms with Gasteiger partial charge in [-0.3, -0.25) is 9.48 Å². The second-order valence-corrected chi connectivity index (χ2v) is 6.29. The molecule has 0 radical (unpaired) electrons. The van der Waals surface area contributed by atoms with E-state index in [2.05, 4.69) is 29.9 Å². The van der Waals surface area contributed by atoms with Gasteiger partial charge in [-0.25, -0.2) is 0 Å². The van der Waals surface area contributed by atoms with Crippen LogP contribution in [0.1, 0.15) is 41.5 Å². The molecular weight excluding hydrogens is 314 g/mol. The molecule has 0 N–H and O–H groups in total. The summed E-state index contributed by atoms with van der Waals surface area (Å²) in [4.78, 5) is 17.2. The highest BCUT2D eigenvalue weighted by atomic mass is 16.2. The molecule has 0 spiro atoms. The molecular formula is C19H23N5O. The lowest BCUT2D eigenvalue weighted by Crippen LogP contribution is -2.45. The second kappa shape index (κ2) is 7.49. The van der Waals surface area contributed by atoms with E-state index in [4.69, 9.17) is 5.26 Å². The van der Waals surface area contributed by atoms with Gasteiger partial charge in [-0.05, 0) is 37.4 Å². The molecule has 25 heavy (non-hydrogen) atoms. The summed E-state index contributed by atoms with van der Waals surface area (Å²) in [6, 6.07) is 11.1. The van der Waals surface area contributed by atoms with Crippen LogP contribution < -0.4 is 0 Å². The number of aromatic nitrogens is 2. The lowest BCUT2D eigenvalue weighted by Gasteiger charge is -2.36. The molecule has 1 aromatic heterocycles. The third-order valence-corrected chi connectivity index (χ3v) is 4.77. The third-order valence-electron chi connectivity index (χ3n) is 4.77. The number of carbonyl (C=O) groups is 1. The molecule has 2 aromatic rings. The Labute approximate surface area is 148 Å². The number of nitriles is 1. The predicted molar refractivity (Wildman–Crippen MR) is 94.9 cm³/mol. The van der Waals surface area contributed by atoms with Gasteiger partial charge in [0.2, 0.25) is 0 Å². The molecule has 130 valence electrons. The van der Waals surface area contributed by atoms with Gasteiger partial charge in [0.25, 0.3) is 5.91 Å². The first-order valence-electron chi connectivity index (χ1n) is 8.70. The average molecular weight is 337 g/mol. The fraction of sp³-hybridized carbons (Fsp3) is 0.421. The molecule has 1 atom stereocenters. The summed E-state index contributed by atoms with van der Waals surface area (Å²) >= 11 is 0. The van der Waals surface area contributed by atoms with Crippen molar-refractivity contribution in [3.05, 3.63) is 53.3 Å². The highest BCUT2D eigenvalue weighted by molar-refractivity contribution is 5.94. The zero-order valence-corrected chi connectivity index (χ0v) is 14.7. The minimum atomic E-state index is -0.0332. The van der Waals surface area contributed by atoms with Crippen LogP contribution in [0, 0.1) is 11.3 Å². The normalized spacial score (nSPS) is 16.6. The van der Waals surface area contributed by atoms with Gasteiger partial charge in [0, 0.05) is 24.8 Å². The first-order valence-corrected chi connectivity index (χ1v) is 8.70. The largest absolute Gasteiger partial charge is 0.331 e. The van der Waals surface area contributed by atoms with Crippen molar-refractivity contribution < 1.29 is 4.79 Å². The van der Waals surface area contributed by atoms with E-state index in [0.717, 1.165) is 25.3 Å². The van der Waals surface area contributed by atoms with Gasteiger partial charge >= 0.3 is 0 Å². The Balaban J connectivity index is 1.84. The van der Waals surface area contributed by atoms with Gasteiger partial charge in [0.15, 0.2) is 0 Å². The van der Waals surface area contributed by atoms with Crippen LogP contribution in [-0.2, 0) is 6.54 Å². The number of amides is 1. The van der Waals surface area contributed by atoms with Crippen molar-refractivity contribution in [3.8, 4) is 6.07 Å². The maximum atomic E-state index is 12.9. The van der Waals surface area contributed by atoms with Gasteiger partial charge in [0.1, 0.15) is 0 Å². The third kappa shape index (κ3) is 3.57. The summed E-state index contributed by atoms with van der Waals surface area (Å²) in [5.41, 5.74) is 2.12. The summed E-state index contributed by atoms with van der Waals surface area (Å²) in [5.74, 6) is -0.0332. The first kappa shape index (κ1) is 17.2. The molecule has 1 aromatic carbocycles. The molecule has 6 heteroatoms. The van der Waals surface area contributed by atoms with Crippen LogP contribution >= 0.6 is 0 Å². The highest BCUT2D eigenvalue weighted by Crippen LogP contribution is 2.23. The minimum Gasteiger partial charge on any atom is -0.331 e. The molecule has 1 aliphatic rings. The van der Waals surface area contributed by atoms with Gasteiger partial charge in [0.05, 0.1) is 29.9 Å². The molecule has 0 fully saturated rings. The van der Waals surface area contributed by atoms with Crippen molar-refractivity contribution >= 4 is 5.91 Å². The zero-order chi connectivity index (χ0) is 17.8. The van der Waals surface area contributed by atoms with E-state index in [1.807, 2.05) is 15.6 Å². The van der Waals surface area contributed by atoms with E-state index < -0.39 is 0 Å². The maximum absolute atomic E-state index is 12.9. The van der Waals surface area contributed by atoms with Crippen molar-refractivity contribution in [1.29, 1.82) is 5.26 Å². The van der Waals surface area contributed by atoms with Crippen LogP contribution in [0.3, 0.4) is 0 Å². The molecule has 1 amide bonds. The van der Waals surface area contributed by atoms with E-state index in [1.54, 1.807) is 30.5 Å². The number of hydrogen-bond donors (Lipinski definition) is 0. The van der Waals surface area contributed by atoms with Crippen molar-refractivity contribution in [1.82, 2.24) is 19.6 Å². The first-order chi connectivity index (χ1) is 12.2. The Bertz CT molecular complexity index is 787. The van der Waals surface area contributed by atoms with Gasteiger partial charge in [-0.2, -0.15) is 10.4 Å². The molecule has 6 nitrogen and oxygen atoms in total. The minimum absolute atomic E-state index is 0.0332. The van der Waals surface area contributed by atoms with Crippen molar-refractivity contribution in [2.45, 2.75) is 26.4 Å². The zero-order valence-electron chi connectivity index (χ0n) is 14.7. The van der Waals surface area contributed by atoms with Gasteiger partial charge in [-0.1, -0.05) is 19.9 Å². The molecule has 1 aliphatic heterocycles. The van der Waals surface area contributed by atoms with E-state index in [0.29, 0.717) is 24.2 Å². The highest BCUT2D eigenvalue weighted by Gasteiger charge is 2.29. The lowest BCUT2D eigenvalue weighted by molar-refractivity contribution is 0.0642. The number of rotatable bonds is 5. The fourth-order valence-corrected chi connectivity index (χ4v) is 3.36. The van der Waals surface area contributed by atoms with Gasteiger partial charge in [-0.15, -0.1) is 0 Å². The predicted octanol–water partition coefficient (Wildman–Crippen LogP) is 2.29. The summed E-state index contributed by atoms with van der Waals surface area (Å²) in [6.45, 7) is 8.28. The summed E-state index contributed by atoms with van der Waals surface area (Å²) < 4.78 is 2.05. The summed E-state index contributed by atoms with van der Waals surface area (Å²) in [7, 11) is 0. The SMILES string of the molecule is CCN(CC)C[C@H]1CN(C(=O)c2cccc(C#N)c2)Cc2ccnn21. The number of hydrogen-bond acceptors (Lipinski definition) is 4. The van der Waals surface area contributed by atoms with Crippen molar-refractivity contribution in [3.63, 3.8) is 0 Å². The standard InChI is InChI=1S/C19H23N5O/c1-3-22(4-2)12-18-14-23(13-17-8-9-21-24(17)18)19(25)16-7-5-6-15(10-16)11-20/h5-10,18H,3-4,12-14H2,1-2H3/t18-/m0/s1. The molecule has 0 saturated heterocycles. The van der Waals surface area contributed by atoms with Crippen LogP contribution in [0.25, 0.3) is 0 Å². The van der Waals surface area contributed by atoms with Crippen LogP contribution in [0.5, 0.6) is 0 Å². The Hall–Kier alpha value is -2.65. The fourth-order valence-electron chi connectivity index (χ4n) is 3.36. The topological polar surface area (TPSA) is 65.2 Å². The van der Waals surface area contributed by atoms with Crippen molar-refractivity contribution in [2.24, 2.45) is 0 Å². The lowest BCUT2D eigenvalue weighted by atomic mass is 10.1. The average Bonchev–Trinajstić information content (AvgIpc) is 3.14. The molecule has 2 heterocycles. The van der Waals surface area contributed by atoms with E-state index in [1.165, 1.54) is 0 Å². The van der Waals surface area contributed by atoms with Crippen LogP contribution in [0.2, 0.25) is 0 Å². The Kier molecular flexibility index (Phi) is 5.15. The van der Waals surface area contributed by atoms with Crippen LogP contribution in [0.15, 0.2) is 36.5 Å². The van der Waals surface area contributed by atoms with E-state index in [9.17, 15) is 4.79 Å². The number of nitrogens with zero attached hydrogens (tertiary/aromatic N) is 5. The molecule has 0 unspecified atom stereocenters. The summed E-state index contributed by atoms with van der Waals surface area (Å²) in [5, 5.41) is 13.5. The Morgan fingerprint density at radius 3 is 2.88 bits per heavy atom. The molecule has 3 rings (SSSR count). The number of carbonyl (C=O) groups excluding carboxylic acids is 1. The van der Waals surface area contributed by atoms with E-state index in [-0.39, 0.29) is 11.9 Å². The van der Waals surface area contributed by atoms with Gasteiger partial charge < -0.3 is 9.80 Å². The molecule has 0 aliphatic carbocycles. The number of fused-ring (bicyclic) bond motifs is 1. The maximum Gasteiger partial charge on any atom is 0.254 e. The molecule has 0 bridgehead atoms.